The van der Waals surface area contributed by atoms with E-state index in [1.54, 1.807) is 0 Å². The first-order chi connectivity index (χ1) is 8.72. The molecular weight excluding hydrogens is 224 g/mol. The first-order valence-corrected chi connectivity index (χ1v) is 6.79. The summed E-state index contributed by atoms with van der Waals surface area (Å²) in [7, 11) is 1.91. The number of carbonyl (C=O) groups is 1. The predicted molar refractivity (Wildman–Crippen MR) is 73.8 cm³/mol. The van der Waals surface area contributed by atoms with Crippen LogP contribution in [0.5, 0.6) is 0 Å². The number of rotatable bonds is 3. The lowest BCUT2D eigenvalue weighted by Crippen LogP contribution is -2.46. The minimum atomic E-state index is 0.131. The third kappa shape index (κ3) is 2.91. The highest BCUT2D eigenvalue weighted by molar-refractivity contribution is 5.94. The quantitative estimate of drug-likeness (QED) is 0.885. The summed E-state index contributed by atoms with van der Waals surface area (Å²) in [6.45, 7) is 4.11. The second kappa shape index (κ2) is 6.01. The van der Waals surface area contributed by atoms with Gasteiger partial charge in [-0.2, -0.15) is 0 Å². The average molecular weight is 246 g/mol. The highest BCUT2D eigenvalue weighted by Gasteiger charge is 2.22. The zero-order valence-electron chi connectivity index (χ0n) is 11.3. The first-order valence-electron chi connectivity index (χ1n) is 6.79. The van der Waals surface area contributed by atoms with Crippen molar-refractivity contribution >= 4 is 5.91 Å². The predicted octanol–water partition coefficient (Wildman–Crippen LogP) is 2.07. The Balaban J connectivity index is 2.04. The molecule has 0 spiro atoms. The molecule has 0 bridgehead atoms. The van der Waals surface area contributed by atoms with Crippen molar-refractivity contribution in [3.8, 4) is 0 Å². The summed E-state index contributed by atoms with van der Waals surface area (Å²) in [5.74, 6) is 0.131. The van der Waals surface area contributed by atoms with Crippen LogP contribution in [0.25, 0.3) is 0 Å². The van der Waals surface area contributed by atoms with Crippen LogP contribution in [0.4, 0.5) is 0 Å². The molecule has 0 saturated carbocycles. The third-order valence-electron chi connectivity index (χ3n) is 3.75. The summed E-state index contributed by atoms with van der Waals surface area (Å²) in [5, 5.41) is 3.35. The summed E-state index contributed by atoms with van der Waals surface area (Å²) in [5.41, 5.74) is 2.06. The highest BCUT2D eigenvalue weighted by Crippen LogP contribution is 2.13. The van der Waals surface area contributed by atoms with E-state index in [0.717, 1.165) is 37.9 Å². The number of hydrogen-bond acceptors (Lipinski definition) is 2. The minimum absolute atomic E-state index is 0.131. The summed E-state index contributed by atoms with van der Waals surface area (Å²) in [6.07, 6.45) is 3.26. The van der Waals surface area contributed by atoms with Crippen molar-refractivity contribution in [1.29, 1.82) is 0 Å². The fourth-order valence-electron chi connectivity index (χ4n) is 2.42. The lowest BCUT2D eigenvalue weighted by atomic mass is 10.0. The molecule has 1 unspecified atom stereocenters. The molecule has 1 aliphatic heterocycles. The summed E-state index contributed by atoms with van der Waals surface area (Å²) in [6, 6.07) is 8.29. The van der Waals surface area contributed by atoms with Gasteiger partial charge >= 0.3 is 0 Å². The number of amides is 1. The minimum Gasteiger partial charge on any atom is -0.337 e. The number of hydrogen-bond donors (Lipinski definition) is 1. The molecule has 0 radical (unpaired) electrons. The Hall–Kier alpha value is -1.35. The molecule has 1 N–H and O–H groups in total. The van der Waals surface area contributed by atoms with Crippen LogP contribution < -0.4 is 5.32 Å². The highest BCUT2D eigenvalue weighted by atomic mass is 16.2. The maximum absolute atomic E-state index is 12.3. The molecule has 3 nitrogen and oxygen atoms in total. The van der Waals surface area contributed by atoms with Crippen LogP contribution in [0.3, 0.4) is 0 Å². The molecule has 1 aromatic carbocycles. The standard InChI is InChI=1S/C15H22N2O/c1-3-12-6-8-13(9-7-12)15(18)17(2)14-5-4-10-16-11-14/h6-9,14,16H,3-5,10-11H2,1-2H3. The molecule has 2 rings (SSSR count). The maximum atomic E-state index is 12.3. The number of nitrogens with one attached hydrogen (secondary N) is 1. The van der Waals surface area contributed by atoms with Crippen molar-refractivity contribution in [3.05, 3.63) is 35.4 Å². The smallest absolute Gasteiger partial charge is 0.253 e. The monoisotopic (exact) mass is 246 g/mol. The van der Waals surface area contributed by atoms with Crippen LogP contribution in [-0.2, 0) is 6.42 Å². The van der Waals surface area contributed by atoms with Crippen LogP contribution in [0.1, 0.15) is 35.7 Å². The lowest BCUT2D eigenvalue weighted by Gasteiger charge is -2.31. The third-order valence-corrected chi connectivity index (χ3v) is 3.75. The molecule has 1 saturated heterocycles. The molecule has 1 aliphatic rings. The Morgan fingerprint density at radius 2 is 2.11 bits per heavy atom. The molecular formula is C15H22N2O. The zero-order chi connectivity index (χ0) is 13.0. The number of aryl methyl sites for hydroxylation is 1. The molecule has 98 valence electrons. The molecule has 1 heterocycles. The molecule has 1 atom stereocenters. The Morgan fingerprint density at radius 1 is 1.39 bits per heavy atom. The van der Waals surface area contributed by atoms with Crippen LogP contribution in [-0.4, -0.2) is 37.0 Å². The Morgan fingerprint density at radius 3 is 2.67 bits per heavy atom. The van der Waals surface area contributed by atoms with E-state index >= 15 is 0 Å². The molecule has 1 aromatic rings. The Labute approximate surface area is 109 Å². The van der Waals surface area contributed by atoms with Gasteiger partial charge in [0, 0.05) is 25.2 Å². The SMILES string of the molecule is CCc1ccc(C(=O)N(C)C2CCCNC2)cc1. The van der Waals surface area contributed by atoms with Crippen molar-refractivity contribution in [2.45, 2.75) is 32.2 Å². The van der Waals surface area contributed by atoms with E-state index in [1.165, 1.54) is 5.56 Å². The first kappa shape index (κ1) is 13.1. The van der Waals surface area contributed by atoms with Crippen molar-refractivity contribution in [2.24, 2.45) is 0 Å². The van der Waals surface area contributed by atoms with Gasteiger partial charge in [-0.25, -0.2) is 0 Å². The number of piperidine rings is 1. The molecule has 18 heavy (non-hydrogen) atoms. The van der Waals surface area contributed by atoms with Crippen molar-refractivity contribution in [2.75, 3.05) is 20.1 Å². The van der Waals surface area contributed by atoms with E-state index in [0.29, 0.717) is 6.04 Å². The van der Waals surface area contributed by atoms with E-state index in [1.807, 2.05) is 36.2 Å². The summed E-state index contributed by atoms with van der Waals surface area (Å²) < 4.78 is 0. The summed E-state index contributed by atoms with van der Waals surface area (Å²) >= 11 is 0. The topological polar surface area (TPSA) is 32.3 Å². The second-order valence-electron chi connectivity index (χ2n) is 4.97. The van der Waals surface area contributed by atoms with Crippen LogP contribution in [0.2, 0.25) is 0 Å². The lowest BCUT2D eigenvalue weighted by molar-refractivity contribution is 0.0708. The maximum Gasteiger partial charge on any atom is 0.253 e. The molecule has 0 aliphatic carbocycles. The number of likely N-dealkylation sites (N-methyl/N-ethyl adjacent to an activating group) is 1. The molecule has 3 heteroatoms. The van der Waals surface area contributed by atoms with E-state index in [-0.39, 0.29) is 5.91 Å². The second-order valence-corrected chi connectivity index (χ2v) is 4.97. The zero-order valence-corrected chi connectivity index (χ0v) is 11.3. The molecule has 1 fully saturated rings. The molecule has 1 amide bonds. The number of benzene rings is 1. The van der Waals surface area contributed by atoms with Gasteiger partial charge in [0.05, 0.1) is 0 Å². The van der Waals surface area contributed by atoms with E-state index in [2.05, 4.69) is 12.2 Å². The van der Waals surface area contributed by atoms with E-state index < -0.39 is 0 Å². The van der Waals surface area contributed by atoms with Gasteiger partial charge in [-0.15, -0.1) is 0 Å². The Kier molecular flexibility index (Phi) is 4.37. The fraction of sp³-hybridized carbons (Fsp3) is 0.533. The van der Waals surface area contributed by atoms with Gasteiger partial charge in [0.15, 0.2) is 0 Å². The van der Waals surface area contributed by atoms with Gasteiger partial charge in [-0.3, -0.25) is 4.79 Å². The largest absolute Gasteiger partial charge is 0.337 e. The van der Waals surface area contributed by atoms with Crippen molar-refractivity contribution in [1.82, 2.24) is 10.2 Å². The van der Waals surface area contributed by atoms with E-state index in [4.69, 9.17) is 0 Å². The average Bonchev–Trinajstić information content (AvgIpc) is 2.47. The van der Waals surface area contributed by atoms with Gasteiger partial charge in [0.2, 0.25) is 0 Å². The van der Waals surface area contributed by atoms with Gasteiger partial charge in [-0.05, 0) is 43.5 Å². The van der Waals surface area contributed by atoms with Gasteiger partial charge in [0.1, 0.15) is 0 Å². The van der Waals surface area contributed by atoms with Gasteiger partial charge in [0.25, 0.3) is 5.91 Å². The summed E-state index contributed by atoms with van der Waals surface area (Å²) in [4.78, 5) is 14.2. The van der Waals surface area contributed by atoms with Crippen LogP contribution in [0, 0.1) is 0 Å². The van der Waals surface area contributed by atoms with Crippen molar-refractivity contribution in [3.63, 3.8) is 0 Å². The fourth-order valence-corrected chi connectivity index (χ4v) is 2.42. The van der Waals surface area contributed by atoms with Gasteiger partial charge in [-0.1, -0.05) is 19.1 Å². The van der Waals surface area contributed by atoms with Crippen LogP contribution in [0.15, 0.2) is 24.3 Å². The number of carbonyl (C=O) groups excluding carboxylic acids is 1. The van der Waals surface area contributed by atoms with Crippen molar-refractivity contribution < 1.29 is 4.79 Å². The van der Waals surface area contributed by atoms with Gasteiger partial charge < -0.3 is 10.2 Å². The van der Waals surface area contributed by atoms with E-state index in [9.17, 15) is 4.79 Å². The number of nitrogens with zero attached hydrogens (tertiary/aromatic N) is 1. The van der Waals surface area contributed by atoms with Crippen LogP contribution >= 0.6 is 0 Å². The Bertz CT molecular complexity index is 393. The molecule has 0 aromatic heterocycles. The normalized spacial score (nSPS) is 19.6.